The second kappa shape index (κ2) is 15.9. The van der Waals surface area contributed by atoms with Crippen LogP contribution in [0.3, 0.4) is 0 Å². The highest BCUT2D eigenvalue weighted by molar-refractivity contribution is 8.00. The van der Waals surface area contributed by atoms with Crippen molar-refractivity contribution in [2.45, 2.75) is 10.1 Å². The van der Waals surface area contributed by atoms with Crippen molar-refractivity contribution in [3.63, 3.8) is 0 Å². The number of thioether (sulfide) groups is 1. The molecule has 0 saturated carbocycles. The zero-order valence-electron chi connectivity index (χ0n) is 24.9. The van der Waals surface area contributed by atoms with E-state index in [1.165, 1.54) is 24.3 Å². The first-order chi connectivity index (χ1) is 23.5. The Morgan fingerprint density at radius 1 is 0.714 bits per heavy atom. The highest BCUT2D eigenvalue weighted by Crippen LogP contribution is 2.37. The van der Waals surface area contributed by atoms with E-state index in [-0.39, 0.29) is 16.8 Å². The summed E-state index contributed by atoms with van der Waals surface area (Å²) in [5.41, 5.74) is 0.120. The van der Waals surface area contributed by atoms with E-state index in [9.17, 15) is 31.9 Å². The Morgan fingerprint density at radius 2 is 1.33 bits per heavy atom. The number of carbonyl (C=O) groups excluding carboxylic acids is 3. The molecule has 0 radical (unpaired) electrons. The van der Waals surface area contributed by atoms with Crippen LogP contribution in [0.2, 0.25) is 10.0 Å². The highest BCUT2D eigenvalue weighted by atomic mass is 35.5. The summed E-state index contributed by atoms with van der Waals surface area (Å²) in [7, 11) is 0. The normalized spacial score (nSPS) is 11.8. The van der Waals surface area contributed by atoms with Crippen molar-refractivity contribution in [2.75, 3.05) is 10.6 Å². The van der Waals surface area contributed by atoms with Crippen LogP contribution >= 0.6 is 35.0 Å². The molecule has 0 fully saturated rings. The summed E-state index contributed by atoms with van der Waals surface area (Å²) >= 11 is 13.3. The maximum absolute atomic E-state index is 14.3. The van der Waals surface area contributed by atoms with Gasteiger partial charge in [-0.3, -0.25) is 14.4 Å². The minimum Gasteiger partial charge on any atom is -0.321 e. The Morgan fingerprint density at radius 3 is 1.94 bits per heavy atom. The smallest absolute Gasteiger partial charge is 0.272 e. The maximum Gasteiger partial charge on any atom is 0.272 e. The highest BCUT2D eigenvalue weighted by Gasteiger charge is 2.27. The molecule has 0 aliphatic carbocycles. The SMILES string of the molecule is O=C(Nc1ccc(SC(C(=O)Nc2c(F)c(F)cc(F)c2F)c2ccccc2)cc1)/C(=C/c1ccc(Cl)cc1Cl)NC(=O)c1ccccc1. The summed E-state index contributed by atoms with van der Waals surface area (Å²) in [6.07, 6.45) is 1.40. The molecule has 248 valence electrons. The minimum atomic E-state index is -1.74. The van der Waals surface area contributed by atoms with E-state index in [4.69, 9.17) is 23.2 Å². The summed E-state index contributed by atoms with van der Waals surface area (Å²) in [6.45, 7) is 0. The molecule has 13 heteroatoms. The Bertz CT molecular complexity index is 2030. The molecule has 0 aromatic heterocycles. The van der Waals surface area contributed by atoms with Crippen LogP contribution in [0.25, 0.3) is 6.08 Å². The van der Waals surface area contributed by atoms with Gasteiger partial charge >= 0.3 is 0 Å². The molecule has 5 rings (SSSR count). The number of benzene rings is 5. The molecule has 0 aliphatic rings. The molecule has 0 aliphatic heterocycles. The molecule has 6 nitrogen and oxygen atoms in total. The lowest BCUT2D eigenvalue weighted by atomic mass is 10.1. The number of carbonyl (C=O) groups is 3. The Balaban J connectivity index is 1.36. The lowest BCUT2D eigenvalue weighted by Gasteiger charge is -2.18. The van der Waals surface area contributed by atoms with E-state index < -0.39 is 51.9 Å². The van der Waals surface area contributed by atoms with Crippen LogP contribution in [-0.2, 0) is 9.59 Å². The third-order valence-electron chi connectivity index (χ3n) is 6.86. The van der Waals surface area contributed by atoms with E-state index in [0.717, 1.165) is 11.8 Å². The molecule has 1 atom stereocenters. The number of hydrogen-bond donors (Lipinski definition) is 3. The topological polar surface area (TPSA) is 87.3 Å². The fourth-order valence-electron chi connectivity index (χ4n) is 4.44. The fourth-order valence-corrected chi connectivity index (χ4v) is 5.93. The van der Waals surface area contributed by atoms with Gasteiger partial charge in [-0.2, -0.15) is 0 Å². The summed E-state index contributed by atoms with van der Waals surface area (Å²) < 4.78 is 56.3. The predicted octanol–water partition coefficient (Wildman–Crippen LogP) is 9.43. The number of rotatable bonds is 10. The maximum atomic E-state index is 14.3. The fraction of sp³-hybridized carbons (Fsp3) is 0.0278. The number of hydrogen-bond acceptors (Lipinski definition) is 4. The molecular formula is C36H23Cl2F4N3O3S. The average Bonchev–Trinajstić information content (AvgIpc) is 3.10. The molecule has 3 N–H and O–H groups in total. The van der Waals surface area contributed by atoms with Gasteiger partial charge in [0, 0.05) is 32.3 Å². The van der Waals surface area contributed by atoms with E-state index >= 15 is 0 Å². The minimum absolute atomic E-state index is 0.0485. The number of nitrogens with one attached hydrogen (secondary N) is 3. The van der Waals surface area contributed by atoms with Crippen LogP contribution in [0, 0.1) is 23.3 Å². The second-order valence-corrected chi connectivity index (χ2v) is 12.3. The van der Waals surface area contributed by atoms with Crippen LogP contribution in [0.4, 0.5) is 28.9 Å². The first-order valence-electron chi connectivity index (χ1n) is 14.3. The van der Waals surface area contributed by atoms with Crippen molar-refractivity contribution >= 4 is 70.1 Å². The molecular weight excluding hydrogens is 701 g/mol. The van der Waals surface area contributed by atoms with Crippen LogP contribution in [0.5, 0.6) is 0 Å². The van der Waals surface area contributed by atoms with Crippen molar-refractivity contribution in [1.29, 1.82) is 0 Å². The molecule has 3 amide bonds. The first-order valence-corrected chi connectivity index (χ1v) is 15.9. The molecule has 1 unspecified atom stereocenters. The quantitative estimate of drug-likeness (QED) is 0.0580. The van der Waals surface area contributed by atoms with Crippen molar-refractivity contribution in [2.24, 2.45) is 0 Å². The predicted molar refractivity (Wildman–Crippen MR) is 183 cm³/mol. The molecule has 5 aromatic carbocycles. The molecule has 0 saturated heterocycles. The van der Waals surface area contributed by atoms with Gasteiger partial charge in [-0.1, -0.05) is 77.8 Å². The molecule has 5 aromatic rings. The molecule has 0 spiro atoms. The summed E-state index contributed by atoms with van der Waals surface area (Å²) in [5.74, 6) is -8.96. The zero-order valence-corrected chi connectivity index (χ0v) is 27.3. The van der Waals surface area contributed by atoms with Crippen molar-refractivity contribution in [3.8, 4) is 0 Å². The van der Waals surface area contributed by atoms with Gasteiger partial charge < -0.3 is 16.0 Å². The van der Waals surface area contributed by atoms with Gasteiger partial charge in [0.1, 0.15) is 16.6 Å². The second-order valence-electron chi connectivity index (χ2n) is 10.3. The lowest BCUT2D eigenvalue weighted by molar-refractivity contribution is -0.116. The Hall–Kier alpha value is -5.10. The van der Waals surface area contributed by atoms with Crippen molar-refractivity contribution in [1.82, 2.24) is 5.32 Å². The van der Waals surface area contributed by atoms with E-state index in [2.05, 4.69) is 10.6 Å². The standard InChI is InChI=1S/C36H23Cl2F4N3O3S/c37-23-12-11-22(26(38)18-23)17-29(44-34(46)21-9-5-2-6-10-21)35(47)43-24-13-15-25(16-14-24)49-33(20-7-3-1-4-8-20)36(48)45-32-30(41)27(39)19-28(40)31(32)42/h1-19,33H,(H,43,47)(H,44,46)(H,45,48)/b29-17-. The largest absolute Gasteiger partial charge is 0.321 e. The van der Waals surface area contributed by atoms with Gasteiger partial charge in [0.05, 0.1) is 0 Å². The van der Waals surface area contributed by atoms with E-state index in [1.54, 1.807) is 84.9 Å². The number of anilines is 2. The number of amides is 3. The van der Waals surface area contributed by atoms with Gasteiger partial charge in [0.2, 0.25) is 5.91 Å². The molecule has 0 heterocycles. The molecule has 49 heavy (non-hydrogen) atoms. The van der Waals surface area contributed by atoms with Gasteiger partial charge in [-0.05, 0) is 65.7 Å². The average molecular weight is 725 g/mol. The Labute approximate surface area is 292 Å². The van der Waals surface area contributed by atoms with Crippen LogP contribution in [0.15, 0.2) is 120 Å². The van der Waals surface area contributed by atoms with Crippen LogP contribution in [0.1, 0.15) is 26.7 Å². The summed E-state index contributed by atoms with van der Waals surface area (Å²) in [6, 6.07) is 27.4. The first kappa shape index (κ1) is 35.2. The van der Waals surface area contributed by atoms with E-state index in [1.807, 2.05) is 5.32 Å². The third-order valence-corrected chi connectivity index (χ3v) is 8.69. The number of halogens is 6. The molecule has 0 bridgehead atoms. The van der Waals surface area contributed by atoms with Gasteiger partial charge in [0.15, 0.2) is 23.3 Å². The van der Waals surface area contributed by atoms with Crippen molar-refractivity contribution < 1.29 is 31.9 Å². The zero-order chi connectivity index (χ0) is 35.1. The van der Waals surface area contributed by atoms with Gasteiger partial charge in [-0.25, -0.2) is 17.6 Å². The van der Waals surface area contributed by atoms with Crippen LogP contribution < -0.4 is 16.0 Å². The van der Waals surface area contributed by atoms with Crippen LogP contribution in [-0.4, -0.2) is 17.7 Å². The summed E-state index contributed by atoms with van der Waals surface area (Å²) in [5, 5.41) is 6.82. The summed E-state index contributed by atoms with van der Waals surface area (Å²) in [4.78, 5) is 40.2. The monoisotopic (exact) mass is 723 g/mol. The van der Waals surface area contributed by atoms with Gasteiger partial charge in [-0.15, -0.1) is 11.8 Å². The lowest BCUT2D eigenvalue weighted by Crippen LogP contribution is -2.30. The van der Waals surface area contributed by atoms with Crippen molar-refractivity contribution in [3.05, 3.63) is 165 Å². The third kappa shape index (κ3) is 8.88. The Kier molecular flexibility index (Phi) is 11.4. The van der Waals surface area contributed by atoms with Gasteiger partial charge in [0.25, 0.3) is 11.8 Å². The van der Waals surface area contributed by atoms with E-state index in [0.29, 0.717) is 32.3 Å².